The monoisotopic (exact) mass is 268 g/mol. The largest absolute Gasteiger partial charge is 0.312 e. The second-order valence-electron chi connectivity index (χ2n) is 4.02. The second kappa shape index (κ2) is 5.10. The first-order valence-corrected chi connectivity index (χ1v) is 6.26. The molecule has 0 aliphatic carbocycles. The molecule has 1 aromatic carbocycles. The Kier molecular flexibility index (Phi) is 3.78. The lowest BCUT2D eigenvalue weighted by Gasteiger charge is -2.23. The lowest BCUT2D eigenvalue weighted by atomic mass is 9.98. The average molecular weight is 269 g/mol. The van der Waals surface area contributed by atoms with Gasteiger partial charge in [0, 0.05) is 16.6 Å². The van der Waals surface area contributed by atoms with E-state index in [1.807, 2.05) is 7.05 Å². The molecular weight excluding hydrogens is 252 g/mol. The summed E-state index contributed by atoms with van der Waals surface area (Å²) < 4.78 is 1.14. The van der Waals surface area contributed by atoms with Crippen LogP contribution in [0.25, 0.3) is 0 Å². The van der Waals surface area contributed by atoms with E-state index in [2.05, 4.69) is 50.8 Å². The Morgan fingerprint density at radius 1 is 1.40 bits per heavy atom. The highest BCUT2D eigenvalue weighted by molar-refractivity contribution is 9.10. The Morgan fingerprint density at radius 3 is 2.67 bits per heavy atom. The fraction of sp³-hybridized carbons (Fsp3) is 0.500. The molecule has 0 saturated carbocycles. The summed E-state index contributed by atoms with van der Waals surface area (Å²) in [5, 5.41) is 6.95. The van der Waals surface area contributed by atoms with E-state index in [0.29, 0.717) is 12.1 Å². The van der Waals surface area contributed by atoms with Crippen molar-refractivity contribution < 1.29 is 0 Å². The molecule has 1 saturated heterocycles. The summed E-state index contributed by atoms with van der Waals surface area (Å²) in [6.07, 6.45) is 2.56. The summed E-state index contributed by atoms with van der Waals surface area (Å²) in [7, 11) is 2.03. The Balaban J connectivity index is 2.14. The van der Waals surface area contributed by atoms with E-state index in [0.717, 1.165) is 11.0 Å². The van der Waals surface area contributed by atoms with Gasteiger partial charge in [0.05, 0.1) is 0 Å². The topological polar surface area (TPSA) is 24.1 Å². The van der Waals surface area contributed by atoms with E-state index in [-0.39, 0.29) is 0 Å². The van der Waals surface area contributed by atoms with Gasteiger partial charge in [-0.05, 0) is 44.1 Å². The van der Waals surface area contributed by atoms with Crippen LogP contribution >= 0.6 is 15.9 Å². The van der Waals surface area contributed by atoms with Crippen LogP contribution in [-0.2, 0) is 0 Å². The molecule has 0 radical (unpaired) electrons. The molecule has 82 valence electrons. The van der Waals surface area contributed by atoms with Gasteiger partial charge >= 0.3 is 0 Å². The van der Waals surface area contributed by atoms with Crippen LogP contribution in [0.1, 0.15) is 24.4 Å². The molecule has 2 rings (SSSR count). The maximum Gasteiger partial charge on any atom is 0.0473 e. The van der Waals surface area contributed by atoms with Crippen molar-refractivity contribution in [2.24, 2.45) is 0 Å². The molecule has 2 unspecified atom stereocenters. The number of benzene rings is 1. The first kappa shape index (κ1) is 11.1. The molecule has 1 aliphatic heterocycles. The van der Waals surface area contributed by atoms with E-state index >= 15 is 0 Å². The first-order valence-electron chi connectivity index (χ1n) is 5.47. The molecule has 1 aliphatic rings. The molecule has 0 amide bonds. The van der Waals surface area contributed by atoms with Gasteiger partial charge in [-0.1, -0.05) is 28.1 Å². The first-order chi connectivity index (χ1) is 7.31. The van der Waals surface area contributed by atoms with Crippen LogP contribution in [0.15, 0.2) is 28.7 Å². The van der Waals surface area contributed by atoms with Crippen LogP contribution < -0.4 is 10.6 Å². The van der Waals surface area contributed by atoms with Gasteiger partial charge in [-0.3, -0.25) is 0 Å². The normalized spacial score (nSPS) is 22.9. The third-order valence-electron chi connectivity index (χ3n) is 3.04. The molecule has 0 spiro atoms. The Bertz CT molecular complexity index is 304. The van der Waals surface area contributed by atoms with Crippen LogP contribution in [0.4, 0.5) is 0 Å². The van der Waals surface area contributed by atoms with Gasteiger partial charge < -0.3 is 10.6 Å². The molecule has 15 heavy (non-hydrogen) atoms. The summed E-state index contributed by atoms with van der Waals surface area (Å²) >= 11 is 3.46. The minimum Gasteiger partial charge on any atom is -0.312 e. The minimum absolute atomic E-state index is 0.431. The van der Waals surface area contributed by atoms with Gasteiger partial charge in [0.15, 0.2) is 0 Å². The van der Waals surface area contributed by atoms with E-state index < -0.39 is 0 Å². The smallest absolute Gasteiger partial charge is 0.0473 e. The summed E-state index contributed by atoms with van der Waals surface area (Å²) in [6.45, 7) is 1.15. The molecule has 2 nitrogen and oxygen atoms in total. The SMILES string of the molecule is CNC(c1ccc(Br)cc1)C1CCCN1. The zero-order chi connectivity index (χ0) is 10.7. The zero-order valence-corrected chi connectivity index (χ0v) is 10.5. The van der Waals surface area contributed by atoms with Gasteiger partial charge in [0.2, 0.25) is 0 Å². The van der Waals surface area contributed by atoms with Gasteiger partial charge in [0.25, 0.3) is 0 Å². The molecule has 0 bridgehead atoms. The molecule has 1 aromatic rings. The molecule has 0 aromatic heterocycles. The van der Waals surface area contributed by atoms with Crippen molar-refractivity contribution in [3.63, 3.8) is 0 Å². The maximum absolute atomic E-state index is 3.55. The summed E-state index contributed by atoms with van der Waals surface area (Å²) in [5.74, 6) is 0. The van der Waals surface area contributed by atoms with Gasteiger partial charge in [-0.25, -0.2) is 0 Å². The van der Waals surface area contributed by atoms with E-state index in [1.54, 1.807) is 0 Å². The van der Waals surface area contributed by atoms with Crippen LogP contribution in [-0.4, -0.2) is 19.6 Å². The van der Waals surface area contributed by atoms with Crippen LogP contribution in [0.2, 0.25) is 0 Å². The highest BCUT2D eigenvalue weighted by atomic mass is 79.9. The summed E-state index contributed by atoms with van der Waals surface area (Å²) in [4.78, 5) is 0. The Hall–Kier alpha value is -0.380. The minimum atomic E-state index is 0.431. The van der Waals surface area contributed by atoms with Crippen LogP contribution in [0, 0.1) is 0 Å². The molecule has 2 atom stereocenters. The predicted molar refractivity (Wildman–Crippen MR) is 67.0 cm³/mol. The average Bonchev–Trinajstić information content (AvgIpc) is 2.75. The summed E-state index contributed by atoms with van der Waals surface area (Å²) in [6, 6.07) is 9.59. The highest BCUT2D eigenvalue weighted by Crippen LogP contribution is 2.23. The van der Waals surface area contributed by atoms with E-state index in [1.165, 1.54) is 18.4 Å². The van der Waals surface area contributed by atoms with Crippen LogP contribution in [0.5, 0.6) is 0 Å². The fourth-order valence-corrected chi connectivity index (χ4v) is 2.53. The van der Waals surface area contributed by atoms with Crippen molar-refractivity contribution in [3.05, 3.63) is 34.3 Å². The lowest BCUT2D eigenvalue weighted by molar-refractivity contribution is 0.440. The number of rotatable bonds is 3. The van der Waals surface area contributed by atoms with Crippen molar-refractivity contribution in [2.45, 2.75) is 24.9 Å². The fourth-order valence-electron chi connectivity index (χ4n) is 2.27. The number of hydrogen-bond donors (Lipinski definition) is 2. The molecule has 3 heteroatoms. The third-order valence-corrected chi connectivity index (χ3v) is 3.57. The lowest BCUT2D eigenvalue weighted by Crippen LogP contribution is -2.36. The quantitative estimate of drug-likeness (QED) is 0.880. The van der Waals surface area contributed by atoms with Crippen LogP contribution in [0.3, 0.4) is 0 Å². The van der Waals surface area contributed by atoms with Crippen molar-refractivity contribution in [3.8, 4) is 0 Å². The zero-order valence-electron chi connectivity index (χ0n) is 8.96. The Labute approximate surface area is 99.6 Å². The second-order valence-corrected chi connectivity index (χ2v) is 4.94. The Morgan fingerprint density at radius 2 is 2.13 bits per heavy atom. The predicted octanol–water partition coefficient (Wildman–Crippen LogP) is 2.46. The number of hydrogen-bond acceptors (Lipinski definition) is 2. The van der Waals surface area contributed by atoms with Gasteiger partial charge in [-0.2, -0.15) is 0 Å². The standard InChI is InChI=1S/C12H17BrN2/c1-14-12(11-3-2-8-15-11)9-4-6-10(13)7-5-9/h4-7,11-12,14-15H,2-3,8H2,1H3. The van der Waals surface area contributed by atoms with Crippen molar-refractivity contribution >= 4 is 15.9 Å². The number of nitrogens with one attached hydrogen (secondary N) is 2. The molecular formula is C12H17BrN2. The van der Waals surface area contributed by atoms with Crippen molar-refractivity contribution in [1.82, 2.24) is 10.6 Å². The molecule has 1 fully saturated rings. The molecule has 2 N–H and O–H groups in total. The van der Waals surface area contributed by atoms with E-state index in [9.17, 15) is 0 Å². The van der Waals surface area contributed by atoms with Gasteiger partial charge in [-0.15, -0.1) is 0 Å². The summed E-state index contributed by atoms with van der Waals surface area (Å²) in [5.41, 5.74) is 1.36. The van der Waals surface area contributed by atoms with Gasteiger partial charge in [0.1, 0.15) is 0 Å². The maximum atomic E-state index is 3.55. The number of likely N-dealkylation sites (N-methyl/N-ethyl adjacent to an activating group) is 1. The highest BCUT2D eigenvalue weighted by Gasteiger charge is 2.24. The third kappa shape index (κ3) is 2.60. The van der Waals surface area contributed by atoms with Crippen molar-refractivity contribution in [1.29, 1.82) is 0 Å². The number of halogens is 1. The van der Waals surface area contributed by atoms with Crippen molar-refractivity contribution in [2.75, 3.05) is 13.6 Å². The molecule has 1 heterocycles. The van der Waals surface area contributed by atoms with E-state index in [4.69, 9.17) is 0 Å².